The molecular formula is C15H11Cl2NO3. The maximum atomic E-state index is 12.1. The molecule has 0 bridgehead atoms. The van der Waals surface area contributed by atoms with Crippen molar-refractivity contribution in [2.45, 2.75) is 0 Å². The van der Waals surface area contributed by atoms with Crippen LogP contribution in [0.1, 0.15) is 20.7 Å². The summed E-state index contributed by atoms with van der Waals surface area (Å²) in [7, 11) is 1.26. The predicted octanol–water partition coefficient (Wildman–Crippen LogP) is 4.03. The van der Waals surface area contributed by atoms with Gasteiger partial charge >= 0.3 is 5.97 Å². The normalized spacial score (nSPS) is 10.0. The quantitative estimate of drug-likeness (QED) is 0.867. The zero-order chi connectivity index (χ0) is 15.4. The molecule has 0 aliphatic heterocycles. The largest absolute Gasteiger partial charge is 0.465 e. The molecule has 0 unspecified atom stereocenters. The summed E-state index contributed by atoms with van der Waals surface area (Å²) in [5.74, 6) is -0.908. The molecule has 0 fully saturated rings. The fraction of sp³-hybridized carbons (Fsp3) is 0.0667. The molecule has 0 saturated heterocycles. The second-order valence-corrected chi connectivity index (χ2v) is 4.99. The van der Waals surface area contributed by atoms with Gasteiger partial charge in [-0.2, -0.15) is 0 Å². The van der Waals surface area contributed by atoms with Crippen LogP contribution >= 0.6 is 23.2 Å². The lowest BCUT2D eigenvalue weighted by Crippen LogP contribution is -2.12. The molecule has 0 radical (unpaired) electrons. The summed E-state index contributed by atoms with van der Waals surface area (Å²) >= 11 is 11.8. The van der Waals surface area contributed by atoms with E-state index in [9.17, 15) is 9.59 Å². The van der Waals surface area contributed by atoms with Crippen LogP contribution in [0.5, 0.6) is 0 Å². The summed E-state index contributed by atoms with van der Waals surface area (Å²) in [6, 6.07) is 11.1. The number of benzene rings is 2. The first kappa shape index (κ1) is 15.4. The first-order valence-electron chi connectivity index (χ1n) is 5.96. The van der Waals surface area contributed by atoms with E-state index in [4.69, 9.17) is 23.2 Å². The Labute approximate surface area is 131 Å². The number of esters is 1. The number of hydrogen-bond donors (Lipinski definition) is 1. The van der Waals surface area contributed by atoms with Gasteiger partial charge in [0.15, 0.2) is 0 Å². The van der Waals surface area contributed by atoms with Crippen molar-refractivity contribution in [3.8, 4) is 0 Å². The van der Waals surface area contributed by atoms with Gasteiger partial charge in [-0.3, -0.25) is 4.79 Å². The summed E-state index contributed by atoms with van der Waals surface area (Å²) in [5, 5.41) is 3.39. The van der Waals surface area contributed by atoms with Crippen molar-refractivity contribution in [1.29, 1.82) is 0 Å². The lowest BCUT2D eigenvalue weighted by atomic mass is 10.1. The first-order chi connectivity index (χ1) is 10.0. The van der Waals surface area contributed by atoms with Crippen LogP contribution in [0.2, 0.25) is 10.0 Å². The molecule has 2 aromatic carbocycles. The highest BCUT2D eigenvalue weighted by Crippen LogP contribution is 2.22. The fourth-order valence-corrected chi connectivity index (χ4v) is 2.09. The molecule has 2 rings (SSSR count). The molecule has 0 heterocycles. The summed E-state index contributed by atoms with van der Waals surface area (Å²) in [5.41, 5.74) is 1.03. The van der Waals surface area contributed by atoms with Crippen molar-refractivity contribution in [2.24, 2.45) is 0 Å². The number of hydrogen-bond acceptors (Lipinski definition) is 3. The van der Waals surface area contributed by atoms with Gasteiger partial charge in [0.05, 0.1) is 17.7 Å². The molecule has 0 spiro atoms. The molecule has 2 aromatic rings. The van der Waals surface area contributed by atoms with Gasteiger partial charge in [-0.15, -0.1) is 0 Å². The van der Waals surface area contributed by atoms with Crippen LogP contribution in [-0.2, 0) is 4.74 Å². The molecule has 1 amide bonds. The smallest absolute Gasteiger partial charge is 0.339 e. The van der Waals surface area contributed by atoms with Gasteiger partial charge in [-0.05, 0) is 36.4 Å². The van der Waals surface area contributed by atoms with Gasteiger partial charge in [0.1, 0.15) is 0 Å². The number of nitrogens with one attached hydrogen (secondary N) is 1. The molecule has 6 heteroatoms. The van der Waals surface area contributed by atoms with Crippen molar-refractivity contribution < 1.29 is 14.3 Å². The van der Waals surface area contributed by atoms with Crippen LogP contribution in [0, 0.1) is 0 Å². The van der Waals surface area contributed by atoms with Crippen LogP contribution in [0.15, 0.2) is 42.5 Å². The number of halogens is 2. The van der Waals surface area contributed by atoms with Crippen LogP contribution < -0.4 is 5.32 Å². The van der Waals surface area contributed by atoms with Crippen LogP contribution in [0.25, 0.3) is 0 Å². The highest BCUT2D eigenvalue weighted by molar-refractivity contribution is 6.33. The molecular weight excluding hydrogens is 313 g/mol. The third kappa shape index (κ3) is 3.74. The van der Waals surface area contributed by atoms with Crippen molar-refractivity contribution in [3.05, 3.63) is 63.6 Å². The summed E-state index contributed by atoms with van der Waals surface area (Å²) in [6.45, 7) is 0. The summed E-state index contributed by atoms with van der Waals surface area (Å²) in [4.78, 5) is 23.6. The maximum absolute atomic E-state index is 12.1. The number of methoxy groups -OCH3 is 1. The topological polar surface area (TPSA) is 55.4 Å². The SMILES string of the molecule is COC(=O)c1cc(NC(=O)c2cccc(Cl)c2)ccc1Cl. The Morgan fingerprint density at radius 3 is 2.52 bits per heavy atom. The molecule has 0 saturated carbocycles. The van der Waals surface area contributed by atoms with E-state index in [2.05, 4.69) is 10.1 Å². The zero-order valence-electron chi connectivity index (χ0n) is 11.0. The van der Waals surface area contributed by atoms with E-state index in [1.807, 2.05) is 0 Å². The average molecular weight is 324 g/mol. The van der Waals surface area contributed by atoms with Crippen LogP contribution in [0.4, 0.5) is 5.69 Å². The zero-order valence-corrected chi connectivity index (χ0v) is 12.5. The second kappa shape index (κ2) is 6.61. The molecule has 1 N–H and O–H groups in total. The number of ether oxygens (including phenoxy) is 1. The molecule has 0 aromatic heterocycles. The average Bonchev–Trinajstić information content (AvgIpc) is 2.48. The second-order valence-electron chi connectivity index (χ2n) is 4.15. The van der Waals surface area contributed by atoms with E-state index in [0.717, 1.165) is 0 Å². The van der Waals surface area contributed by atoms with E-state index in [1.165, 1.54) is 19.2 Å². The van der Waals surface area contributed by atoms with Gasteiger partial charge < -0.3 is 10.1 Å². The Balaban J connectivity index is 2.24. The molecule has 21 heavy (non-hydrogen) atoms. The third-order valence-corrected chi connectivity index (χ3v) is 3.28. The molecule has 0 aliphatic rings. The first-order valence-corrected chi connectivity index (χ1v) is 6.71. The van der Waals surface area contributed by atoms with E-state index in [0.29, 0.717) is 16.3 Å². The standard InChI is InChI=1S/C15H11Cl2NO3/c1-21-15(20)12-8-11(5-6-13(12)17)18-14(19)9-3-2-4-10(16)7-9/h2-8H,1H3,(H,18,19). The lowest BCUT2D eigenvalue weighted by Gasteiger charge is -2.08. The Morgan fingerprint density at radius 1 is 1.10 bits per heavy atom. The molecule has 0 atom stereocenters. The molecule has 4 nitrogen and oxygen atoms in total. The minimum atomic E-state index is -0.571. The van der Waals surface area contributed by atoms with Crippen molar-refractivity contribution in [3.63, 3.8) is 0 Å². The number of amides is 1. The van der Waals surface area contributed by atoms with E-state index >= 15 is 0 Å². The monoisotopic (exact) mass is 323 g/mol. The molecule has 0 aliphatic carbocycles. The van der Waals surface area contributed by atoms with Crippen LogP contribution in [0.3, 0.4) is 0 Å². The van der Waals surface area contributed by atoms with Gasteiger partial charge in [0.2, 0.25) is 0 Å². The highest BCUT2D eigenvalue weighted by atomic mass is 35.5. The predicted molar refractivity (Wildman–Crippen MR) is 82.2 cm³/mol. The van der Waals surface area contributed by atoms with E-state index < -0.39 is 5.97 Å². The minimum absolute atomic E-state index is 0.183. The van der Waals surface area contributed by atoms with Gasteiger partial charge in [-0.1, -0.05) is 29.3 Å². The van der Waals surface area contributed by atoms with Crippen LogP contribution in [-0.4, -0.2) is 19.0 Å². The Bertz CT molecular complexity index is 701. The third-order valence-electron chi connectivity index (χ3n) is 2.72. The lowest BCUT2D eigenvalue weighted by molar-refractivity contribution is 0.0600. The molecule has 108 valence electrons. The van der Waals surface area contributed by atoms with Gasteiger partial charge in [-0.25, -0.2) is 4.79 Å². The van der Waals surface area contributed by atoms with Gasteiger partial charge in [0, 0.05) is 16.3 Å². The van der Waals surface area contributed by atoms with E-state index in [1.54, 1.807) is 30.3 Å². The minimum Gasteiger partial charge on any atom is -0.465 e. The highest BCUT2D eigenvalue weighted by Gasteiger charge is 2.13. The number of rotatable bonds is 3. The van der Waals surface area contributed by atoms with Gasteiger partial charge in [0.25, 0.3) is 5.91 Å². The Hall–Kier alpha value is -2.04. The number of carbonyl (C=O) groups excluding carboxylic acids is 2. The number of anilines is 1. The summed E-state index contributed by atoms with van der Waals surface area (Å²) in [6.07, 6.45) is 0. The van der Waals surface area contributed by atoms with Crippen molar-refractivity contribution in [2.75, 3.05) is 12.4 Å². The Kier molecular flexibility index (Phi) is 4.83. The number of carbonyl (C=O) groups is 2. The summed E-state index contributed by atoms with van der Waals surface area (Å²) < 4.78 is 4.62. The van der Waals surface area contributed by atoms with Crippen molar-refractivity contribution in [1.82, 2.24) is 0 Å². The van der Waals surface area contributed by atoms with E-state index in [-0.39, 0.29) is 16.5 Å². The Morgan fingerprint density at radius 2 is 1.86 bits per heavy atom. The van der Waals surface area contributed by atoms with Crippen molar-refractivity contribution >= 4 is 40.8 Å². The maximum Gasteiger partial charge on any atom is 0.339 e. The fourth-order valence-electron chi connectivity index (χ4n) is 1.70.